The van der Waals surface area contributed by atoms with Crippen molar-refractivity contribution in [1.29, 1.82) is 0 Å². The van der Waals surface area contributed by atoms with Crippen LogP contribution < -0.4 is 9.47 Å². The largest absolute Gasteiger partial charge is 0.507 e. The summed E-state index contributed by atoms with van der Waals surface area (Å²) in [4.78, 5) is 29.1. The summed E-state index contributed by atoms with van der Waals surface area (Å²) in [6.07, 6.45) is 18.3. The molecule has 6 heteroatoms. The van der Waals surface area contributed by atoms with Gasteiger partial charge in [-0.2, -0.15) is 0 Å². The van der Waals surface area contributed by atoms with Crippen LogP contribution in [0.3, 0.4) is 0 Å². The molecule has 0 unspecified atom stereocenters. The van der Waals surface area contributed by atoms with E-state index < -0.39 is 5.97 Å². The third-order valence-corrected chi connectivity index (χ3v) is 7.13. The van der Waals surface area contributed by atoms with Crippen LogP contribution in [0.2, 0.25) is 0 Å². The Morgan fingerprint density at radius 3 is 1.86 bits per heavy atom. The van der Waals surface area contributed by atoms with Gasteiger partial charge in [-0.15, -0.1) is 0 Å². The van der Waals surface area contributed by atoms with Crippen molar-refractivity contribution in [3.05, 3.63) is 83.9 Å². The van der Waals surface area contributed by atoms with Crippen LogP contribution in [0.4, 0.5) is 5.69 Å². The van der Waals surface area contributed by atoms with Crippen LogP contribution in [0.1, 0.15) is 113 Å². The second-order valence-corrected chi connectivity index (χ2v) is 10.7. The van der Waals surface area contributed by atoms with E-state index in [9.17, 15) is 14.7 Å². The molecule has 0 amide bonds. The quantitative estimate of drug-likeness (QED) is 0.0670. The highest BCUT2D eigenvalue weighted by atomic mass is 16.5. The predicted octanol–water partition coefficient (Wildman–Crippen LogP) is 9.75. The first-order chi connectivity index (χ1) is 20.5. The van der Waals surface area contributed by atoms with Crippen LogP contribution in [0.5, 0.6) is 17.2 Å². The van der Waals surface area contributed by atoms with E-state index in [0.29, 0.717) is 23.3 Å². The summed E-state index contributed by atoms with van der Waals surface area (Å²) in [7, 11) is 0. The Bertz CT molecular complexity index is 1240. The molecular weight excluding hydrogens is 526 g/mol. The Balaban J connectivity index is 1.30. The molecule has 42 heavy (non-hydrogen) atoms. The van der Waals surface area contributed by atoms with E-state index in [1.807, 2.05) is 30.3 Å². The number of nitrogens with zero attached hydrogens (tertiary/aromatic N) is 1. The number of rotatable bonds is 19. The maximum atomic E-state index is 12.6. The van der Waals surface area contributed by atoms with E-state index in [1.165, 1.54) is 70.3 Å². The van der Waals surface area contributed by atoms with Gasteiger partial charge in [-0.25, -0.2) is 4.79 Å². The third-order valence-electron chi connectivity index (χ3n) is 7.13. The topological polar surface area (TPSA) is 85.2 Å². The lowest BCUT2D eigenvalue weighted by molar-refractivity contribution is -0.134. The Labute approximate surface area is 250 Å². The number of aliphatic imine (C=N–C) groups is 1. The lowest BCUT2D eigenvalue weighted by Crippen LogP contribution is -2.10. The zero-order valence-electron chi connectivity index (χ0n) is 24.9. The van der Waals surface area contributed by atoms with Crippen molar-refractivity contribution in [3.63, 3.8) is 0 Å². The van der Waals surface area contributed by atoms with E-state index in [4.69, 9.17) is 9.47 Å². The highest BCUT2D eigenvalue weighted by Crippen LogP contribution is 2.24. The number of carbonyl (C=O) groups is 2. The van der Waals surface area contributed by atoms with Gasteiger partial charge in [-0.3, -0.25) is 9.79 Å². The van der Waals surface area contributed by atoms with Crippen LogP contribution in [-0.4, -0.2) is 23.3 Å². The summed E-state index contributed by atoms with van der Waals surface area (Å²) in [6.45, 7) is 2.25. The van der Waals surface area contributed by atoms with Crippen LogP contribution >= 0.6 is 0 Å². The molecule has 0 radical (unpaired) electrons. The van der Waals surface area contributed by atoms with Crippen molar-refractivity contribution >= 4 is 23.8 Å². The van der Waals surface area contributed by atoms with Crippen molar-refractivity contribution < 1.29 is 24.2 Å². The highest BCUT2D eigenvalue weighted by molar-refractivity contribution is 5.92. The molecule has 1 N–H and O–H groups in total. The number of ether oxygens (including phenoxy) is 2. The van der Waals surface area contributed by atoms with Crippen molar-refractivity contribution in [2.45, 2.75) is 96.8 Å². The molecule has 0 aliphatic carbocycles. The molecule has 0 bridgehead atoms. The van der Waals surface area contributed by atoms with Crippen molar-refractivity contribution in [1.82, 2.24) is 0 Å². The molecule has 0 aromatic heterocycles. The van der Waals surface area contributed by atoms with E-state index in [-0.39, 0.29) is 17.5 Å². The number of hydrogen-bond donors (Lipinski definition) is 1. The Morgan fingerprint density at radius 2 is 1.26 bits per heavy atom. The molecule has 0 heterocycles. The van der Waals surface area contributed by atoms with Crippen molar-refractivity contribution in [2.75, 3.05) is 0 Å². The fourth-order valence-electron chi connectivity index (χ4n) is 4.65. The second kappa shape index (κ2) is 19.2. The number of hydrogen-bond acceptors (Lipinski definition) is 6. The van der Waals surface area contributed by atoms with Crippen LogP contribution in [0.15, 0.2) is 77.8 Å². The first-order valence-corrected chi connectivity index (χ1v) is 15.5. The van der Waals surface area contributed by atoms with Gasteiger partial charge in [0, 0.05) is 24.3 Å². The van der Waals surface area contributed by atoms with Crippen LogP contribution in [-0.2, 0) is 4.79 Å². The molecule has 3 aromatic rings. The molecule has 0 atom stereocenters. The summed E-state index contributed by atoms with van der Waals surface area (Å²) in [5.74, 6) is -0.288. The second-order valence-electron chi connectivity index (χ2n) is 10.7. The molecular formula is C36H45NO5. The molecule has 0 fully saturated rings. The molecule has 0 spiro atoms. The smallest absolute Gasteiger partial charge is 0.343 e. The third kappa shape index (κ3) is 12.7. The Morgan fingerprint density at radius 1 is 0.690 bits per heavy atom. The Kier molecular flexibility index (Phi) is 14.9. The predicted molar refractivity (Wildman–Crippen MR) is 169 cm³/mol. The summed E-state index contributed by atoms with van der Waals surface area (Å²) in [5.41, 5.74) is 1.57. The fraction of sp³-hybridized carbons (Fsp3) is 0.417. The standard InChI is InChI=1S/C36H45NO5/c1-2-3-4-5-6-7-8-9-10-11-12-13-17-20-35(39)41-32-24-21-29(22-25-32)36(40)42-33-26-23-30(34(38)27-33)28-37-31-18-15-14-16-19-31/h14-16,18-19,21-28,38H,2-13,17,20H2,1H3. The van der Waals surface area contributed by atoms with Crippen molar-refractivity contribution in [2.24, 2.45) is 4.99 Å². The summed E-state index contributed by atoms with van der Waals surface area (Å²) >= 11 is 0. The van der Waals surface area contributed by atoms with Gasteiger partial charge in [0.2, 0.25) is 0 Å². The van der Waals surface area contributed by atoms with Crippen LogP contribution in [0.25, 0.3) is 0 Å². The first-order valence-electron chi connectivity index (χ1n) is 15.5. The van der Waals surface area contributed by atoms with Gasteiger partial charge < -0.3 is 14.6 Å². The molecule has 0 saturated heterocycles. The molecule has 0 aliphatic rings. The number of phenolic OH excluding ortho intramolecular Hbond substituents is 1. The minimum atomic E-state index is -0.579. The van der Waals surface area contributed by atoms with E-state index in [2.05, 4.69) is 11.9 Å². The normalized spacial score (nSPS) is 11.1. The SMILES string of the molecule is CCCCCCCCCCCCCCCC(=O)Oc1ccc(C(=O)Oc2ccc(C=Nc3ccccc3)c(O)c2)cc1. The van der Waals surface area contributed by atoms with Gasteiger partial charge in [0.25, 0.3) is 0 Å². The maximum Gasteiger partial charge on any atom is 0.343 e. The highest BCUT2D eigenvalue weighted by Gasteiger charge is 2.12. The maximum absolute atomic E-state index is 12.6. The number of phenols is 1. The van der Waals surface area contributed by atoms with Crippen molar-refractivity contribution in [3.8, 4) is 17.2 Å². The minimum absolute atomic E-state index is 0.0502. The number of benzene rings is 3. The van der Waals surface area contributed by atoms with Crippen LogP contribution in [0, 0.1) is 0 Å². The lowest BCUT2D eigenvalue weighted by Gasteiger charge is -2.08. The monoisotopic (exact) mass is 571 g/mol. The zero-order chi connectivity index (χ0) is 29.8. The number of carbonyl (C=O) groups excluding carboxylic acids is 2. The molecule has 0 aliphatic heterocycles. The van der Waals surface area contributed by atoms with Gasteiger partial charge in [0.15, 0.2) is 0 Å². The summed E-state index contributed by atoms with van der Waals surface area (Å²) in [6, 6.07) is 20.2. The molecule has 3 rings (SSSR count). The average Bonchev–Trinajstić information content (AvgIpc) is 3.00. The average molecular weight is 572 g/mol. The molecule has 6 nitrogen and oxygen atoms in total. The minimum Gasteiger partial charge on any atom is -0.507 e. The van der Waals surface area contributed by atoms with Gasteiger partial charge >= 0.3 is 11.9 Å². The number of unbranched alkanes of at least 4 members (excludes halogenated alkanes) is 12. The number of esters is 2. The number of para-hydroxylation sites is 1. The lowest BCUT2D eigenvalue weighted by atomic mass is 10.0. The summed E-state index contributed by atoms with van der Waals surface area (Å²) in [5, 5.41) is 10.3. The van der Waals surface area contributed by atoms with Gasteiger partial charge in [0.1, 0.15) is 17.2 Å². The van der Waals surface area contributed by atoms with Gasteiger partial charge in [0.05, 0.1) is 11.3 Å². The van der Waals surface area contributed by atoms with Gasteiger partial charge in [-0.1, -0.05) is 102 Å². The molecule has 0 saturated carbocycles. The molecule has 3 aromatic carbocycles. The fourth-order valence-corrected chi connectivity index (χ4v) is 4.65. The van der Waals surface area contributed by atoms with E-state index in [1.54, 1.807) is 42.6 Å². The Hall–Kier alpha value is -3.93. The summed E-state index contributed by atoms with van der Waals surface area (Å²) < 4.78 is 10.8. The molecule has 224 valence electrons. The van der Waals surface area contributed by atoms with E-state index in [0.717, 1.165) is 24.9 Å². The first kappa shape index (κ1) is 32.6. The van der Waals surface area contributed by atoms with E-state index >= 15 is 0 Å². The zero-order valence-corrected chi connectivity index (χ0v) is 24.9. The van der Waals surface area contributed by atoms with Gasteiger partial charge in [-0.05, 0) is 55.0 Å². The number of aromatic hydroxyl groups is 1.